The van der Waals surface area contributed by atoms with Crippen molar-refractivity contribution >= 4 is 46.6 Å². The predicted molar refractivity (Wildman–Crippen MR) is 138 cm³/mol. The number of anilines is 2. The lowest BCUT2D eigenvalue weighted by molar-refractivity contribution is -0.116. The predicted octanol–water partition coefficient (Wildman–Crippen LogP) is 6.28. The zero-order valence-electron chi connectivity index (χ0n) is 19.9. The second-order valence-corrected chi connectivity index (χ2v) is 9.74. The average molecular weight is 502 g/mol. The summed E-state index contributed by atoms with van der Waals surface area (Å²) in [5, 5.41) is 11.0. The van der Waals surface area contributed by atoms with Crippen molar-refractivity contribution in [2.45, 2.75) is 40.0 Å². The molecule has 180 valence electrons. The minimum Gasteiger partial charge on any atom is -0.315 e. The molecule has 0 radical (unpaired) electrons. The lowest BCUT2D eigenvalue weighted by Gasteiger charge is -2.21. The number of carbonyl (C=O) groups excluding carboxylic acids is 2. The van der Waals surface area contributed by atoms with E-state index >= 15 is 0 Å². The largest absolute Gasteiger partial charge is 0.322 e. The van der Waals surface area contributed by atoms with Gasteiger partial charge in [0, 0.05) is 18.0 Å². The molecule has 7 nitrogen and oxygen atoms in total. The van der Waals surface area contributed by atoms with E-state index in [0.29, 0.717) is 23.1 Å². The lowest BCUT2D eigenvalue weighted by Crippen LogP contribution is -2.40. The first-order valence-corrected chi connectivity index (χ1v) is 11.7. The lowest BCUT2D eigenvalue weighted by atomic mass is 9.92. The van der Waals surface area contributed by atoms with Gasteiger partial charge in [0.2, 0.25) is 5.91 Å². The van der Waals surface area contributed by atoms with Gasteiger partial charge in [0.05, 0.1) is 27.1 Å². The average Bonchev–Trinajstić information content (AvgIpc) is 3.19. The molecule has 9 heteroatoms. The van der Waals surface area contributed by atoms with Crippen LogP contribution in [0.3, 0.4) is 0 Å². The van der Waals surface area contributed by atoms with Crippen molar-refractivity contribution < 1.29 is 9.59 Å². The number of aromatic nitrogens is 2. The van der Waals surface area contributed by atoms with Crippen LogP contribution in [0.4, 0.5) is 16.3 Å². The van der Waals surface area contributed by atoms with Gasteiger partial charge < -0.3 is 15.5 Å². The third-order valence-electron chi connectivity index (χ3n) is 5.29. The fourth-order valence-corrected chi connectivity index (χ4v) is 3.65. The molecule has 3 aromatic rings. The summed E-state index contributed by atoms with van der Waals surface area (Å²) in [6, 6.07) is 14.2. The molecule has 0 bridgehead atoms. The number of urea groups is 1. The van der Waals surface area contributed by atoms with E-state index in [2.05, 4.69) is 31.4 Å². The molecule has 0 aliphatic heterocycles. The highest BCUT2D eigenvalue weighted by molar-refractivity contribution is 6.43. The Labute approximate surface area is 210 Å². The first-order valence-electron chi connectivity index (χ1n) is 11.0. The minimum absolute atomic E-state index is 0.148. The van der Waals surface area contributed by atoms with Gasteiger partial charge in [0.25, 0.3) is 0 Å². The molecule has 2 aromatic carbocycles. The molecule has 0 aliphatic rings. The molecule has 0 saturated heterocycles. The molecular weight excluding hydrogens is 473 g/mol. The highest BCUT2D eigenvalue weighted by Crippen LogP contribution is 2.30. The Hall–Kier alpha value is -3.03. The van der Waals surface area contributed by atoms with Crippen LogP contribution >= 0.6 is 23.2 Å². The summed E-state index contributed by atoms with van der Waals surface area (Å²) in [5.41, 5.74) is 2.90. The molecule has 2 N–H and O–H groups in total. The Kier molecular flexibility index (Phi) is 7.89. The van der Waals surface area contributed by atoms with Crippen molar-refractivity contribution in [2.24, 2.45) is 0 Å². The molecule has 34 heavy (non-hydrogen) atoms. The highest BCUT2D eigenvalue weighted by atomic mass is 35.5. The fourth-order valence-electron chi connectivity index (χ4n) is 3.30. The summed E-state index contributed by atoms with van der Waals surface area (Å²) < 4.78 is 1.73. The first kappa shape index (κ1) is 25.6. The monoisotopic (exact) mass is 501 g/mol. The molecule has 1 heterocycles. The molecule has 1 aromatic heterocycles. The Balaban J connectivity index is 1.80. The summed E-state index contributed by atoms with van der Waals surface area (Å²) in [6.45, 7) is 10.1. The van der Waals surface area contributed by atoms with Crippen LogP contribution in [0.15, 0.2) is 48.5 Å². The number of halogens is 2. The van der Waals surface area contributed by atoms with Crippen molar-refractivity contribution in [1.29, 1.82) is 0 Å². The van der Waals surface area contributed by atoms with Crippen molar-refractivity contribution in [3.63, 3.8) is 0 Å². The van der Waals surface area contributed by atoms with Gasteiger partial charge in [-0.05, 0) is 37.6 Å². The van der Waals surface area contributed by atoms with Gasteiger partial charge in [-0.1, -0.05) is 68.2 Å². The van der Waals surface area contributed by atoms with Crippen molar-refractivity contribution in [1.82, 2.24) is 14.7 Å². The summed E-state index contributed by atoms with van der Waals surface area (Å²) in [4.78, 5) is 27.1. The molecule has 0 saturated carbocycles. The molecule has 0 spiro atoms. The van der Waals surface area contributed by atoms with E-state index in [-0.39, 0.29) is 22.9 Å². The van der Waals surface area contributed by atoms with Crippen LogP contribution in [0.25, 0.3) is 5.69 Å². The van der Waals surface area contributed by atoms with E-state index in [1.165, 1.54) is 4.90 Å². The number of likely N-dealkylation sites (N-methyl/N-ethyl adjacent to an activating group) is 1. The van der Waals surface area contributed by atoms with Crippen LogP contribution in [-0.4, -0.2) is 39.7 Å². The maximum Gasteiger partial charge on any atom is 0.322 e. The molecule has 3 rings (SSSR count). The Morgan fingerprint density at radius 1 is 1.06 bits per heavy atom. The number of hydrogen-bond donors (Lipinski definition) is 2. The van der Waals surface area contributed by atoms with Gasteiger partial charge in [-0.15, -0.1) is 0 Å². The maximum absolute atomic E-state index is 13.0. The van der Waals surface area contributed by atoms with Crippen LogP contribution < -0.4 is 10.6 Å². The number of aryl methyl sites for hydroxylation is 1. The Morgan fingerprint density at radius 2 is 1.76 bits per heavy atom. The second-order valence-electron chi connectivity index (χ2n) is 8.96. The van der Waals surface area contributed by atoms with Crippen molar-refractivity contribution in [3.8, 4) is 5.69 Å². The summed E-state index contributed by atoms with van der Waals surface area (Å²) in [6.07, 6.45) is 0. The van der Waals surface area contributed by atoms with Crippen LogP contribution in [0, 0.1) is 6.92 Å². The first-order chi connectivity index (χ1) is 16.0. The number of rotatable bonds is 6. The van der Waals surface area contributed by atoms with Crippen LogP contribution in [0.5, 0.6) is 0 Å². The van der Waals surface area contributed by atoms with Crippen LogP contribution in [0.2, 0.25) is 10.0 Å². The molecule has 0 aliphatic carbocycles. The van der Waals surface area contributed by atoms with E-state index in [0.717, 1.165) is 16.9 Å². The van der Waals surface area contributed by atoms with Gasteiger partial charge in [0.1, 0.15) is 12.4 Å². The van der Waals surface area contributed by atoms with Crippen molar-refractivity contribution in [2.75, 3.05) is 23.7 Å². The summed E-state index contributed by atoms with van der Waals surface area (Å²) >= 11 is 12.2. The van der Waals surface area contributed by atoms with E-state index in [9.17, 15) is 9.59 Å². The van der Waals surface area contributed by atoms with Crippen LogP contribution in [0.1, 0.15) is 39.0 Å². The molecule has 0 unspecified atom stereocenters. The molecule has 0 fully saturated rings. The normalized spacial score (nSPS) is 11.3. The van der Waals surface area contributed by atoms with E-state index in [1.807, 2.05) is 37.3 Å². The topological polar surface area (TPSA) is 79.3 Å². The third-order valence-corrected chi connectivity index (χ3v) is 6.10. The van der Waals surface area contributed by atoms with E-state index < -0.39 is 6.03 Å². The maximum atomic E-state index is 13.0. The number of hydrogen-bond acceptors (Lipinski definition) is 3. The highest BCUT2D eigenvalue weighted by Gasteiger charge is 2.23. The standard InChI is InChI=1S/C25H29Cl2N5O2/c1-6-31(24(34)28-18-12-9-11-17(26)23(18)27)15-22(33)29-21-14-20(25(3,4)5)30-32(21)19-13-8-7-10-16(19)2/h7-14H,6,15H2,1-5H3,(H,28,34)(H,29,33). The van der Waals surface area contributed by atoms with Gasteiger partial charge in [-0.2, -0.15) is 5.10 Å². The molecule has 0 atom stereocenters. The van der Waals surface area contributed by atoms with Gasteiger partial charge in [-0.25, -0.2) is 9.48 Å². The third kappa shape index (κ3) is 5.90. The Bertz CT molecular complexity index is 1200. The zero-order valence-corrected chi connectivity index (χ0v) is 21.5. The summed E-state index contributed by atoms with van der Waals surface area (Å²) in [7, 11) is 0. The number of benzene rings is 2. The number of nitrogens with zero attached hydrogens (tertiary/aromatic N) is 3. The van der Waals surface area contributed by atoms with Crippen molar-refractivity contribution in [3.05, 3.63) is 69.8 Å². The molecule has 3 amide bonds. The molecular formula is C25H29Cl2N5O2. The number of para-hydroxylation sites is 1. The van der Waals surface area contributed by atoms with Gasteiger partial charge >= 0.3 is 6.03 Å². The summed E-state index contributed by atoms with van der Waals surface area (Å²) in [5.74, 6) is 0.197. The van der Waals surface area contributed by atoms with Gasteiger partial charge in [0.15, 0.2) is 0 Å². The van der Waals surface area contributed by atoms with E-state index in [1.54, 1.807) is 29.8 Å². The Morgan fingerprint density at radius 3 is 2.41 bits per heavy atom. The van der Waals surface area contributed by atoms with Gasteiger partial charge in [-0.3, -0.25) is 4.79 Å². The second kappa shape index (κ2) is 10.5. The zero-order chi connectivity index (χ0) is 25.0. The quantitative estimate of drug-likeness (QED) is 0.417. The number of carbonyl (C=O) groups is 2. The number of nitrogens with one attached hydrogen (secondary N) is 2. The van der Waals surface area contributed by atoms with E-state index in [4.69, 9.17) is 28.3 Å². The smallest absolute Gasteiger partial charge is 0.315 e. The van der Waals surface area contributed by atoms with Crippen LogP contribution in [-0.2, 0) is 10.2 Å². The SMILES string of the molecule is CCN(CC(=O)Nc1cc(C(C)(C)C)nn1-c1ccccc1C)C(=O)Nc1cccc(Cl)c1Cl. The fraction of sp³-hybridized carbons (Fsp3) is 0.320. The number of amides is 3. The minimum atomic E-state index is -0.454.